The molecule has 4 bridgehead atoms. The van der Waals surface area contributed by atoms with Crippen molar-refractivity contribution in [2.45, 2.75) is 69.7 Å². The molecular formula is C32H39ClN4O3S. The standard InChI is InChI=1S/C32H39ClN4O3S/c1-4-39-31-15-25(33)9-11-27(31)24-18-36-17-23-8-7-22(23)6-5-13-37-20(2)14-28(34-37)21(3)32(38)35-41-26-10-12-30(40-19-24)29(36)16-26/h9-12,14-16,21-24H,4-8,13,17-19H2,1-3H3,(H,35,38). The average Bonchev–Trinajstić information content (AvgIpc) is 3.22. The van der Waals surface area contributed by atoms with Crippen LogP contribution in [0.5, 0.6) is 11.5 Å². The van der Waals surface area contributed by atoms with Crippen LogP contribution in [0.4, 0.5) is 5.69 Å². The number of nitrogens with one attached hydrogen (secondary N) is 1. The summed E-state index contributed by atoms with van der Waals surface area (Å²) < 4.78 is 17.6. The number of hydrogen-bond acceptors (Lipinski definition) is 6. The number of ether oxygens (including phenoxy) is 2. The van der Waals surface area contributed by atoms with Crippen molar-refractivity contribution in [1.82, 2.24) is 14.5 Å². The zero-order valence-electron chi connectivity index (χ0n) is 24.1. The van der Waals surface area contributed by atoms with E-state index in [-0.39, 0.29) is 17.7 Å². The highest BCUT2D eigenvalue weighted by Gasteiger charge is 2.35. The topological polar surface area (TPSA) is 68.6 Å². The fourth-order valence-electron chi connectivity index (χ4n) is 6.37. The van der Waals surface area contributed by atoms with Gasteiger partial charge in [0.1, 0.15) is 11.5 Å². The monoisotopic (exact) mass is 594 g/mol. The zero-order chi connectivity index (χ0) is 28.5. The van der Waals surface area contributed by atoms with E-state index in [1.54, 1.807) is 0 Å². The Morgan fingerprint density at radius 2 is 1.98 bits per heavy atom. The van der Waals surface area contributed by atoms with E-state index in [2.05, 4.69) is 39.4 Å². The number of rotatable bonds is 3. The Morgan fingerprint density at radius 1 is 1.12 bits per heavy atom. The fourth-order valence-corrected chi connectivity index (χ4v) is 7.24. The fraction of sp³-hybridized carbons (Fsp3) is 0.500. The number of carbonyl (C=O) groups is 1. The Morgan fingerprint density at radius 3 is 2.78 bits per heavy atom. The molecule has 0 saturated heterocycles. The van der Waals surface area contributed by atoms with Gasteiger partial charge < -0.3 is 14.4 Å². The number of nitrogens with zero attached hydrogens (tertiary/aromatic N) is 3. The van der Waals surface area contributed by atoms with Crippen molar-refractivity contribution in [1.29, 1.82) is 0 Å². The predicted octanol–water partition coefficient (Wildman–Crippen LogP) is 6.97. The highest BCUT2D eigenvalue weighted by atomic mass is 35.5. The number of halogens is 1. The number of amides is 1. The lowest BCUT2D eigenvalue weighted by atomic mass is 9.71. The van der Waals surface area contributed by atoms with Gasteiger partial charge in [0.15, 0.2) is 0 Å². The van der Waals surface area contributed by atoms with Gasteiger partial charge in [-0.3, -0.25) is 14.2 Å². The first kappa shape index (κ1) is 28.3. The molecule has 3 heterocycles. The molecule has 1 N–H and O–H groups in total. The Balaban J connectivity index is 1.32. The first-order valence-electron chi connectivity index (χ1n) is 14.8. The zero-order valence-corrected chi connectivity index (χ0v) is 25.6. The Labute approximate surface area is 252 Å². The summed E-state index contributed by atoms with van der Waals surface area (Å²) in [6.07, 6.45) is 4.82. The van der Waals surface area contributed by atoms with Crippen LogP contribution in [-0.4, -0.2) is 42.0 Å². The van der Waals surface area contributed by atoms with Gasteiger partial charge >= 0.3 is 0 Å². The lowest BCUT2D eigenvalue weighted by molar-refractivity contribution is -0.120. The molecule has 2 aliphatic heterocycles. The molecule has 6 rings (SSSR count). The van der Waals surface area contributed by atoms with Gasteiger partial charge in [-0.2, -0.15) is 5.10 Å². The Hall–Kier alpha value is -2.84. The van der Waals surface area contributed by atoms with Crippen LogP contribution >= 0.6 is 23.5 Å². The van der Waals surface area contributed by atoms with E-state index in [1.807, 2.05) is 38.1 Å². The molecule has 1 aromatic heterocycles. The molecule has 4 atom stereocenters. The molecule has 0 radical (unpaired) electrons. The van der Waals surface area contributed by atoms with Gasteiger partial charge in [-0.05, 0) is 107 Å². The third kappa shape index (κ3) is 6.05. The number of anilines is 1. The SMILES string of the molecule is CCOc1cc(Cl)ccc1C1COc2ccc3cc2N(C1)CC1CCC1CCCn1nc(cc1C)C(C)C(=O)NS3. The first-order valence-corrected chi connectivity index (χ1v) is 16.0. The summed E-state index contributed by atoms with van der Waals surface area (Å²) in [7, 11) is 0. The minimum atomic E-state index is -0.325. The van der Waals surface area contributed by atoms with E-state index in [1.165, 1.54) is 31.2 Å². The van der Waals surface area contributed by atoms with E-state index in [4.69, 9.17) is 26.2 Å². The molecule has 0 spiro atoms. The van der Waals surface area contributed by atoms with Crippen LogP contribution in [0.1, 0.15) is 68.3 Å². The highest BCUT2D eigenvalue weighted by molar-refractivity contribution is 7.98. The number of aromatic nitrogens is 2. The molecular weight excluding hydrogens is 556 g/mol. The van der Waals surface area contributed by atoms with E-state index in [0.29, 0.717) is 30.1 Å². The first-order chi connectivity index (χ1) is 19.9. The van der Waals surface area contributed by atoms with Crippen LogP contribution < -0.4 is 19.1 Å². The number of hydrogen-bond donors (Lipinski definition) is 1. The Bertz CT molecular complexity index is 1410. The molecule has 1 amide bonds. The minimum Gasteiger partial charge on any atom is -0.494 e. The molecule has 2 aromatic carbocycles. The van der Waals surface area contributed by atoms with Gasteiger partial charge in [0, 0.05) is 46.7 Å². The quantitative estimate of drug-likeness (QED) is 0.330. The van der Waals surface area contributed by atoms with Crippen molar-refractivity contribution in [3.05, 3.63) is 64.4 Å². The third-order valence-corrected chi connectivity index (χ3v) is 9.98. The molecule has 3 aliphatic rings. The van der Waals surface area contributed by atoms with E-state index in [9.17, 15) is 4.79 Å². The van der Waals surface area contributed by atoms with Crippen LogP contribution in [0.2, 0.25) is 5.02 Å². The van der Waals surface area contributed by atoms with Gasteiger partial charge in [-0.1, -0.05) is 17.7 Å². The van der Waals surface area contributed by atoms with Gasteiger partial charge in [-0.15, -0.1) is 0 Å². The second-order valence-corrected chi connectivity index (χ2v) is 12.9. The number of aryl methyl sites for hydroxylation is 2. The van der Waals surface area contributed by atoms with Gasteiger partial charge in [-0.25, -0.2) is 0 Å². The lowest BCUT2D eigenvalue weighted by Crippen LogP contribution is -2.40. The molecule has 3 aromatic rings. The minimum absolute atomic E-state index is 0.0451. The normalized spacial score (nSPS) is 24.7. The smallest absolute Gasteiger partial charge is 0.239 e. The van der Waals surface area contributed by atoms with E-state index < -0.39 is 0 Å². The van der Waals surface area contributed by atoms with Crippen LogP contribution in [-0.2, 0) is 11.3 Å². The summed E-state index contributed by atoms with van der Waals surface area (Å²) in [5, 5.41) is 5.47. The van der Waals surface area contributed by atoms with Crippen molar-refractivity contribution in [2.75, 3.05) is 31.2 Å². The van der Waals surface area contributed by atoms with Crippen LogP contribution in [0.15, 0.2) is 47.4 Å². The van der Waals surface area contributed by atoms with Crippen molar-refractivity contribution in [3.63, 3.8) is 0 Å². The number of carbonyl (C=O) groups excluding carboxylic acids is 1. The van der Waals surface area contributed by atoms with Crippen LogP contribution in [0.3, 0.4) is 0 Å². The molecule has 218 valence electrons. The van der Waals surface area contributed by atoms with Gasteiger partial charge in [0.2, 0.25) is 5.91 Å². The van der Waals surface area contributed by atoms with Crippen molar-refractivity contribution >= 4 is 35.1 Å². The molecule has 7 nitrogen and oxygen atoms in total. The molecule has 9 heteroatoms. The third-order valence-electron chi connectivity index (χ3n) is 8.95. The van der Waals surface area contributed by atoms with Gasteiger partial charge in [0.05, 0.1) is 30.5 Å². The van der Waals surface area contributed by atoms with Crippen molar-refractivity contribution in [2.24, 2.45) is 11.8 Å². The molecule has 1 fully saturated rings. The summed E-state index contributed by atoms with van der Waals surface area (Å²) in [6, 6.07) is 14.2. The Kier molecular flexibility index (Phi) is 8.40. The maximum Gasteiger partial charge on any atom is 0.239 e. The highest BCUT2D eigenvalue weighted by Crippen LogP contribution is 2.44. The summed E-state index contributed by atoms with van der Waals surface area (Å²) in [4.78, 5) is 16.6. The van der Waals surface area contributed by atoms with Crippen molar-refractivity contribution < 1.29 is 14.3 Å². The lowest BCUT2D eigenvalue weighted by Gasteiger charge is -2.41. The summed E-state index contributed by atoms with van der Waals surface area (Å²) in [5.74, 6) is 2.82. The van der Waals surface area contributed by atoms with E-state index >= 15 is 0 Å². The van der Waals surface area contributed by atoms with E-state index in [0.717, 1.165) is 65.1 Å². The maximum atomic E-state index is 13.1. The van der Waals surface area contributed by atoms with Gasteiger partial charge in [0.25, 0.3) is 0 Å². The maximum absolute atomic E-state index is 13.1. The molecule has 4 unspecified atom stereocenters. The largest absolute Gasteiger partial charge is 0.494 e. The molecule has 1 aliphatic carbocycles. The van der Waals surface area contributed by atoms with Crippen LogP contribution in [0.25, 0.3) is 0 Å². The molecule has 1 saturated carbocycles. The van der Waals surface area contributed by atoms with Crippen molar-refractivity contribution in [3.8, 4) is 11.5 Å². The number of fused-ring (bicyclic) bond motifs is 4. The second-order valence-electron chi connectivity index (χ2n) is 11.6. The molecule has 41 heavy (non-hydrogen) atoms. The predicted molar refractivity (Wildman–Crippen MR) is 164 cm³/mol. The average molecular weight is 595 g/mol. The summed E-state index contributed by atoms with van der Waals surface area (Å²) in [5.41, 5.74) is 4.16. The summed E-state index contributed by atoms with van der Waals surface area (Å²) in [6.45, 7) is 9.85. The number of benzene rings is 2. The summed E-state index contributed by atoms with van der Waals surface area (Å²) >= 11 is 7.70. The second kappa shape index (κ2) is 12.2. The van der Waals surface area contributed by atoms with Crippen LogP contribution in [0, 0.1) is 18.8 Å².